The van der Waals surface area contributed by atoms with E-state index in [2.05, 4.69) is 26.2 Å². The van der Waals surface area contributed by atoms with E-state index < -0.39 is 0 Å². The van der Waals surface area contributed by atoms with Gasteiger partial charge in [-0.25, -0.2) is 0 Å². The third kappa shape index (κ3) is 5.04. The Morgan fingerprint density at radius 3 is 2.95 bits per heavy atom. The van der Waals surface area contributed by atoms with E-state index in [9.17, 15) is 4.79 Å². The van der Waals surface area contributed by atoms with Gasteiger partial charge in [0.2, 0.25) is 0 Å². The van der Waals surface area contributed by atoms with Crippen LogP contribution in [0, 0.1) is 0 Å². The third-order valence-electron chi connectivity index (χ3n) is 3.44. The maximum absolute atomic E-state index is 11.9. The van der Waals surface area contributed by atoms with Crippen molar-refractivity contribution >= 4 is 27.8 Å². The highest BCUT2D eigenvalue weighted by molar-refractivity contribution is 9.10. The number of nitrogens with two attached hydrogens (primary N) is 1. The molecule has 5 nitrogen and oxygen atoms in total. The Bertz CT molecular complexity index is 528. The van der Waals surface area contributed by atoms with Crippen LogP contribution < -0.4 is 11.1 Å². The van der Waals surface area contributed by atoms with Crippen molar-refractivity contribution in [1.29, 1.82) is 0 Å². The lowest BCUT2D eigenvalue weighted by molar-refractivity contribution is 0.0953. The second-order valence-electron chi connectivity index (χ2n) is 5.20. The van der Waals surface area contributed by atoms with Crippen LogP contribution in [0.4, 0.5) is 0 Å². The molecule has 1 aliphatic rings. The molecular weight excluding hydrogens is 332 g/mol. The number of amides is 1. The summed E-state index contributed by atoms with van der Waals surface area (Å²) in [6.45, 7) is 1.22. The van der Waals surface area contributed by atoms with Gasteiger partial charge in [-0.1, -0.05) is 22.0 Å². The van der Waals surface area contributed by atoms with Crippen molar-refractivity contribution in [3.63, 3.8) is 0 Å². The normalized spacial score (nSPS) is 14.9. The van der Waals surface area contributed by atoms with Gasteiger partial charge in [-0.3, -0.25) is 9.79 Å². The number of aliphatic imine (C=N–C) groups is 1. The SMILES string of the molecule is CN(C(N)=NCCCNC(=O)c1cccc(Br)c1)C1CC1. The Morgan fingerprint density at radius 1 is 1.52 bits per heavy atom. The standard InChI is InChI=1S/C15H21BrN4O/c1-20(13-6-7-13)15(17)19-9-3-8-18-14(21)11-4-2-5-12(16)10-11/h2,4-5,10,13H,3,6-9H2,1H3,(H2,17,19)(H,18,21). The van der Waals surface area contributed by atoms with Crippen LogP contribution in [0.15, 0.2) is 33.7 Å². The van der Waals surface area contributed by atoms with Crippen LogP contribution >= 0.6 is 15.9 Å². The first-order valence-electron chi connectivity index (χ1n) is 7.14. The average molecular weight is 353 g/mol. The molecular formula is C15H21BrN4O. The summed E-state index contributed by atoms with van der Waals surface area (Å²) in [6, 6.07) is 7.91. The smallest absolute Gasteiger partial charge is 0.251 e. The highest BCUT2D eigenvalue weighted by Crippen LogP contribution is 2.24. The van der Waals surface area contributed by atoms with E-state index in [1.54, 1.807) is 12.1 Å². The topological polar surface area (TPSA) is 70.7 Å². The van der Waals surface area contributed by atoms with Gasteiger partial charge >= 0.3 is 0 Å². The molecule has 114 valence electrons. The molecule has 21 heavy (non-hydrogen) atoms. The molecule has 1 aromatic rings. The summed E-state index contributed by atoms with van der Waals surface area (Å²) in [6.07, 6.45) is 3.18. The van der Waals surface area contributed by atoms with E-state index in [4.69, 9.17) is 5.73 Å². The molecule has 0 heterocycles. The number of nitrogens with one attached hydrogen (secondary N) is 1. The van der Waals surface area contributed by atoms with E-state index in [-0.39, 0.29) is 5.91 Å². The predicted molar refractivity (Wildman–Crippen MR) is 88.4 cm³/mol. The van der Waals surface area contributed by atoms with Crippen LogP contribution in [0.3, 0.4) is 0 Å². The molecule has 0 bridgehead atoms. The molecule has 6 heteroatoms. The van der Waals surface area contributed by atoms with E-state index in [1.165, 1.54) is 12.8 Å². The highest BCUT2D eigenvalue weighted by atomic mass is 79.9. The van der Waals surface area contributed by atoms with Crippen molar-refractivity contribution in [2.45, 2.75) is 25.3 Å². The lowest BCUT2D eigenvalue weighted by Crippen LogP contribution is -2.36. The number of rotatable bonds is 6. The maximum Gasteiger partial charge on any atom is 0.251 e. The monoisotopic (exact) mass is 352 g/mol. The van der Waals surface area contributed by atoms with Gasteiger partial charge in [-0.15, -0.1) is 0 Å². The van der Waals surface area contributed by atoms with E-state index in [0.717, 1.165) is 10.9 Å². The quantitative estimate of drug-likeness (QED) is 0.467. The molecule has 0 spiro atoms. The summed E-state index contributed by atoms with van der Waals surface area (Å²) < 4.78 is 0.899. The molecule has 2 rings (SSSR count). The zero-order chi connectivity index (χ0) is 15.2. The molecule has 1 amide bonds. The Labute approximate surface area is 133 Å². The number of benzene rings is 1. The minimum absolute atomic E-state index is 0.0663. The molecule has 0 atom stereocenters. The molecule has 3 N–H and O–H groups in total. The summed E-state index contributed by atoms with van der Waals surface area (Å²) in [5.41, 5.74) is 6.54. The number of carbonyl (C=O) groups excluding carboxylic acids is 1. The maximum atomic E-state index is 11.9. The van der Waals surface area contributed by atoms with Crippen molar-refractivity contribution in [2.75, 3.05) is 20.1 Å². The Balaban J connectivity index is 1.67. The minimum atomic E-state index is -0.0663. The second kappa shape index (κ2) is 7.45. The van der Waals surface area contributed by atoms with Gasteiger partial charge in [-0.05, 0) is 37.5 Å². The Hall–Kier alpha value is -1.56. The first-order chi connectivity index (χ1) is 10.1. The fourth-order valence-electron chi connectivity index (χ4n) is 1.97. The van der Waals surface area contributed by atoms with Crippen LogP contribution in [0.2, 0.25) is 0 Å². The number of hydrogen-bond acceptors (Lipinski definition) is 2. The zero-order valence-corrected chi connectivity index (χ0v) is 13.8. The largest absolute Gasteiger partial charge is 0.370 e. The highest BCUT2D eigenvalue weighted by Gasteiger charge is 2.27. The number of halogens is 1. The molecule has 0 unspecified atom stereocenters. The van der Waals surface area contributed by atoms with Crippen LogP contribution in [0.25, 0.3) is 0 Å². The van der Waals surface area contributed by atoms with Crippen LogP contribution in [-0.4, -0.2) is 42.9 Å². The van der Waals surface area contributed by atoms with Gasteiger partial charge < -0.3 is 16.0 Å². The molecule has 1 aromatic carbocycles. The van der Waals surface area contributed by atoms with Gasteiger partial charge in [0.15, 0.2) is 5.96 Å². The van der Waals surface area contributed by atoms with Crippen LogP contribution in [-0.2, 0) is 0 Å². The summed E-state index contributed by atoms with van der Waals surface area (Å²) in [7, 11) is 1.98. The summed E-state index contributed by atoms with van der Waals surface area (Å²) in [4.78, 5) is 18.3. The molecule has 1 saturated carbocycles. The fourth-order valence-corrected chi connectivity index (χ4v) is 2.37. The lowest BCUT2D eigenvalue weighted by atomic mass is 10.2. The Kier molecular flexibility index (Phi) is 5.61. The zero-order valence-electron chi connectivity index (χ0n) is 12.2. The van der Waals surface area contributed by atoms with Crippen molar-refractivity contribution in [3.05, 3.63) is 34.3 Å². The predicted octanol–water partition coefficient (Wildman–Crippen LogP) is 1.98. The minimum Gasteiger partial charge on any atom is -0.370 e. The van der Waals surface area contributed by atoms with E-state index in [1.807, 2.05) is 24.1 Å². The molecule has 0 aliphatic heterocycles. The first-order valence-corrected chi connectivity index (χ1v) is 7.94. The fraction of sp³-hybridized carbons (Fsp3) is 0.467. The van der Waals surface area contributed by atoms with Crippen molar-refractivity contribution in [1.82, 2.24) is 10.2 Å². The van der Waals surface area contributed by atoms with E-state index >= 15 is 0 Å². The molecule has 0 radical (unpaired) electrons. The van der Waals surface area contributed by atoms with Gasteiger partial charge in [0.05, 0.1) is 0 Å². The second-order valence-corrected chi connectivity index (χ2v) is 6.12. The molecule has 1 fully saturated rings. The summed E-state index contributed by atoms with van der Waals surface area (Å²) in [5.74, 6) is 0.527. The average Bonchev–Trinajstić information content (AvgIpc) is 3.30. The first kappa shape index (κ1) is 15.8. The van der Waals surface area contributed by atoms with Gasteiger partial charge in [0, 0.05) is 36.2 Å². The number of hydrogen-bond donors (Lipinski definition) is 2. The van der Waals surface area contributed by atoms with Gasteiger partial charge in [-0.2, -0.15) is 0 Å². The molecule has 0 aromatic heterocycles. The molecule has 0 saturated heterocycles. The third-order valence-corrected chi connectivity index (χ3v) is 3.93. The summed E-state index contributed by atoms with van der Waals surface area (Å²) >= 11 is 3.35. The van der Waals surface area contributed by atoms with Crippen LogP contribution in [0.5, 0.6) is 0 Å². The number of guanidine groups is 1. The van der Waals surface area contributed by atoms with E-state index in [0.29, 0.717) is 30.7 Å². The van der Waals surface area contributed by atoms with Gasteiger partial charge in [0.1, 0.15) is 0 Å². The van der Waals surface area contributed by atoms with Crippen molar-refractivity contribution < 1.29 is 4.79 Å². The van der Waals surface area contributed by atoms with Crippen molar-refractivity contribution in [2.24, 2.45) is 10.7 Å². The summed E-state index contributed by atoms with van der Waals surface area (Å²) in [5, 5.41) is 2.88. The number of nitrogens with zero attached hydrogens (tertiary/aromatic N) is 2. The van der Waals surface area contributed by atoms with Gasteiger partial charge in [0.25, 0.3) is 5.91 Å². The number of carbonyl (C=O) groups is 1. The molecule has 1 aliphatic carbocycles. The van der Waals surface area contributed by atoms with Crippen LogP contribution in [0.1, 0.15) is 29.6 Å². The lowest BCUT2D eigenvalue weighted by Gasteiger charge is -2.16. The Morgan fingerprint density at radius 2 is 2.29 bits per heavy atom. The van der Waals surface area contributed by atoms with Crippen molar-refractivity contribution in [3.8, 4) is 0 Å².